The number of esters is 1. The van der Waals surface area contributed by atoms with Crippen LogP contribution in [-0.4, -0.2) is 39.0 Å². The van der Waals surface area contributed by atoms with Crippen LogP contribution < -0.4 is 9.47 Å². The predicted octanol–water partition coefficient (Wildman–Crippen LogP) is 4.26. The number of hydrogen-bond acceptors (Lipinski definition) is 5. The molecule has 0 unspecified atom stereocenters. The molecule has 0 aliphatic heterocycles. The Morgan fingerprint density at radius 3 is 2.04 bits per heavy atom. The monoisotopic (exact) mass is 484 g/mol. The van der Waals surface area contributed by atoms with E-state index < -0.39 is 6.10 Å². The fourth-order valence-corrected chi connectivity index (χ4v) is 2.76. The maximum absolute atomic E-state index is 11.8. The molecular formula is C21H25IO5. The van der Waals surface area contributed by atoms with E-state index in [1.165, 1.54) is 10.7 Å². The molecule has 0 heterocycles. The van der Waals surface area contributed by atoms with Gasteiger partial charge in [-0.2, -0.15) is 0 Å². The zero-order valence-corrected chi connectivity index (χ0v) is 17.8. The summed E-state index contributed by atoms with van der Waals surface area (Å²) in [5.74, 6) is 1.32. The highest BCUT2D eigenvalue weighted by Crippen LogP contribution is 2.16. The number of rotatable bonds is 11. The van der Waals surface area contributed by atoms with Crippen molar-refractivity contribution in [3.63, 3.8) is 0 Å². The van der Waals surface area contributed by atoms with Gasteiger partial charge < -0.3 is 18.9 Å². The van der Waals surface area contributed by atoms with Crippen LogP contribution >= 0.6 is 22.6 Å². The van der Waals surface area contributed by atoms with E-state index in [1.807, 2.05) is 48.5 Å². The van der Waals surface area contributed by atoms with Gasteiger partial charge in [0.1, 0.15) is 11.5 Å². The van der Waals surface area contributed by atoms with Crippen molar-refractivity contribution >= 4 is 28.6 Å². The van der Waals surface area contributed by atoms with Crippen molar-refractivity contribution in [1.29, 1.82) is 0 Å². The van der Waals surface area contributed by atoms with Crippen molar-refractivity contribution in [2.75, 3.05) is 26.9 Å². The molecule has 0 fully saturated rings. The van der Waals surface area contributed by atoms with Gasteiger partial charge >= 0.3 is 5.97 Å². The van der Waals surface area contributed by atoms with Crippen LogP contribution in [0.1, 0.15) is 18.9 Å². The Morgan fingerprint density at radius 2 is 1.52 bits per heavy atom. The van der Waals surface area contributed by atoms with Gasteiger partial charge in [0.2, 0.25) is 0 Å². The van der Waals surface area contributed by atoms with E-state index >= 15 is 0 Å². The maximum atomic E-state index is 11.8. The van der Waals surface area contributed by atoms with E-state index in [2.05, 4.69) is 22.6 Å². The largest absolute Gasteiger partial charge is 0.493 e. The second-order valence-corrected chi connectivity index (χ2v) is 7.07. The molecule has 2 rings (SSSR count). The third-order valence-corrected chi connectivity index (χ3v) is 4.54. The Kier molecular flexibility index (Phi) is 9.41. The summed E-state index contributed by atoms with van der Waals surface area (Å²) in [6.07, 6.45) is 0.678. The summed E-state index contributed by atoms with van der Waals surface area (Å²) in [7, 11) is 1.51. The maximum Gasteiger partial charge on any atom is 0.335 e. The normalized spacial score (nSPS) is 11.7. The molecule has 1 atom stereocenters. The molecule has 0 aliphatic rings. The second kappa shape index (κ2) is 11.8. The van der Waals surface area contributed by atoms with Gasteiger partial charge in [-0.3, -0.25) is 0 Å². The van der Waals surface area contributed by atoms with Crippen LogP contribution in [0, 0.1) is 3.57 Å². The van der Waals surface area contributed by atoms with Gasteiger partial charge in [-0.1, -0.05) is 12.1 Å². The van der Waals surface area contributed by atoms with E-state index in [0.29, 0.717) is 26.2 Å². The quantitative estimate of drug-likeness (QED) is 0.271. The summed E-state index contributed by atoms with van der Waals surface area (Å²) >= 11 is 2.27. The number of ether oxygens (including phenoxy) is 4. The number of benzene rings is 2. The molecule has 5 nitrogen and oxygen atoms in total. The zero-order valence-electron chi connectivity index (χ0n) is 15.7. The minimum absolute atomic E-state index is 0.339. The Morgan fingerprint density at radius 1 is 0.963 bits per heavy atom. The van der Waals surface area contributed by atoms with Crippen LogP contribution in [0.2, 0.25) is 0 Å². The van der Waals surface area contributed by atoms with Crippen molar-refractivity contribution in [2.45, 2.75) is 25.9 Å². The molecule has 146 valence electrons. The van der Waals surface area contributed by atoms with Crippen molar-refractivity contribution in [1.82, 2.24) is 0 Å². The van der Waals surface area contributed by atoms with Gasteiger partial charge in [-0.05, 0) is 71.5 Å². The first kappa shape index (κ1) is 21.5. The molecule has 2 aromatic rings. The van der Waals surface area contributed by atoms with Crippen LogP contribution in [0.25, 0.3) is 0 Å². The zero-order chi connectivity index (χ0) is 19.5. The van der Waals surface area contributed by atoms with Crippen LogP contribution in [0.4, 0.5) is 0 Å². The predicted molar refractivity (Wildman–Crippen MR) is 112 cm³/mol. The van der Waals surface area contributed by atoms with Gasteiger partial charge in [0.05, 0.1) is 19.8 Å². The first-order chi connectivity index (χ1) is 13.1. The van der Waals surface area contributed by atoms with Gasteiger partial charge in [0.15, 0.2) is 6.10 Å². The fraction of sp³-hybridized carbons (Fsp3) is 0.381. The Labute approximate surface area is 174 Å². The van der Waals surface area contributed by atoms with Crippen molar-refractivity contribution in [2.24, 2.45) is 0 Å². The lowest BCUT2D eigenvalue weighted by molar-refractivity contribution is -0.154. The lowest BCUT2D eigenvalue weighted by Gasteiger charge is -2.14. The molecule has 0 saturated carbocycles. The van der Waals surface area contributed by atoms with E-state index in [9.17, 15) is 4.79 Å². The highest BCUT2D eigenvalue weighted by atomic mass is 127. The number of carbonyl (C=O) groups is 1. The summed E-state index contributed by atoms with van der Waals surface area (Å²) in [4.78, 5) is 11.8. The van der Waals surface area contributed by atoms with Crippen LogP contribution in [-0.2, 0) is 20.7 Å². The number of methoxy groups -OCH3 is 1. The highest BCUT2D eigenvalue weighted by Gasteiger charge is 2.19. The summed E-state index contributed by atoms with van der Waals surface area (Å²) in [5, 5.41) is 0. The van der Waals surface area contributed by atoms with Crippen molar-refractivity contribution in [3.8, 4) is 11.5 Å². The molecule has 0 saturated heterocycles. The molecule has 0 radical (unpaired) electrons. The third kappa shape index (κ3) is 7.76. The molecule has 0 aliphatic carbocycles. The standard InChI is InChI=1S/C21H25IO5/c1-3-25-21(23)20(24-2)15-16-5-9-18(10-6-16)26-13-4-14-27-19-11-7-17(22)8-12-19/h5-12,20H,3-4,13-15H2,1-2H3/t20-/m0/s1. The van der Waals surface area contributed by atoms with E-state index in [0.717, 1.165) is 23.5 Å². The van der Waals surface area contributed by atoms with Gasteiger partial charge in [-0.25, -0.2) is 4.79 Å². The molecule has 27 heavy (non-hydrogen) atoms. The smallest absolute Gasteiger partial charge is 0.335 e. The van der Waals surface area contributed by atoms with Gasteiger partial charge in [0.25, 0.3) is 0 Å². The first-order valence-electron chi connectivity index (χ1n) is 8.92. The Balaban J connectivity index is 1.70. The van der Waals surface area contributed by atoms with Crippen LogP contribution in [0.15, 0.2) is 48.5 Å². The first-order valence-corrected chi connectivity index (χ1v) is 9.99. The molecule has 0 spiro atoms. The fourth-order valence-electron chi connectivity index (χ4n) is 2.40. The molecule has 0 N–H and O–H groups in total. The molecule has 0 aromatic heterocycles. The summed E-state index contributed by atoms with van der Waals surface area (Å²) in [6.45, 7) is 3.31. The SMILES string of the molecule is CCOC(=O)[C@H](Cc1ccc(OCCCOc2ccc(I)cc2)cc1)OC. The summed E-state index contributed by atoms with van der Waals surface area (Å²) in [5.41, 5.74) is 0.990. The molecule has 6 heteroatoms. The lowest BCUT2D eigenvalue weighted by Crippen LogP contribution is -2.27. The van der Waals surface area contributed by atoms with Crippen molar-refractivity contribution in [3.05, 3.63) is 57.7 Å². The molecule has 0 amide bonds. The van der Waals surface area contributed by atoms with E-state index in [-0.39, 0.29) is 5.97 Å². The van der Waals surface area contributed by atoms with E-state index in [1.54, 1.807) is 6.92 Å². The van der Waals surface area contributed by atoms with Gasteiger partial charge in [-0.15, -0.1) is 0 Å². The van der Waals surface area contributed by atoms with Crippen LogP contribution in [0.5, 0.6) is 11.5 Å². The number of hydrogen-bond donors (Lipinski definition) is 0. The topological polar surface area (TPSA) is 54.0 Å². The second-order valence-electron chi connectivity index (χ2n) is 5.83. The summed E-state index contributed by atoms with van der Waals surface area (Å²) < 4.78 is 22.8. The number of halogens is 1. The Hall–Kier alpha value is -1.80. The molecule has 2 aromatic carbocycles. The van der Waals surface area contributed by atoms with Crippen molar-refractivity contribution < 1.29 is 23.7 Å². The average molecular weight is 484 g/mol. The highest BCUT2D eigenvalue weighted by molar-refractivity contribution is 14.1. The minimum Gasteiger partial charge on any atom is -0.493 e. The van der Waals surface area contributed by atoms with E-state index in [4.69, 9.17) is 18.9 Å². The lowest BCUT2D eigenvalue weighted by atomic mass is 10.1. The minimum atomic E-state index is -0.588. The van der Waals surface area contributed by atoms with Crippen LogP contribution in [0.3, 0.4) is 0 Å². The van der Waals surface area contributed by atoms with Gasteiger partial charge in [0, 0.05) is 23.5 Å². The number of carbonyl (C=O) groups excluding carboxylic acids is 1. The molecular weight excluding hydrogens is 459 g/mol. The molecule has 0 bridgehead atoms. The average Bonchev–Trinajstić information content (AvgIpc) is 2.68. The summed E-state index contributed by atoms with van der Waals surface area (Å²) in [6, 6.07) is 15.6. The Bertz CT molecular complexity index is 685. The third-order valence-electron chi connectivity index (χ3n) is 3.82.